The Morgan fingerprint density at radius 1 is 1.19 bits per heavy atom. The van der Waals surface area contributed by atoms with Gasteiger partial charge >= 0.3 is 0 Å². The highest BCUT2D eigenvalue weighted by atomic mass is 16.1. The number of hydrogen-bond acceptors (Lipinski definition) is 3. The van der Waals surface area contributed by atoms with E-state index in [2.05, 4.69) is 34.8 Å². The molecule has 0 spiro atoms. The predicted molar refractivity (Wildman–Crippen MR) is 88.0 cm³/mol. The van der Waals surface area contributed by atoms with Gasteiger partial charge in [-0.15, -0.1) is 0 Å². The highest BCUT2D eigenvalue weighted by molar-refractivity contribution is 5.97. The van der Waals surface area contributed by atoms with Crippen molar-refractivity contribution in [3.8, 4) is 0 Å². The zero-order valence-electron chi connectivity index (χ0n) is 13.9. The number of aromatic nitrogens is 1. The van der Waals surface area contributed by atoms with E-state index < -0.39 is 0 Å². The second-order valence-corrected chi connectivity index (χ2v) is 6.67. The van der Waals surface area contributed by atoms with E-state index in [1.54, 1.807) is 0 Å². The maximum Gasteiger partial charge on any atom is 0.181 e. The zero-order chi connectivity index (χ0) is 15.4. The van der Waals surface area contributed by atoms with Gasteiger partial charge in [0.25, 0.3) is 0 Å². The molecule has 0 aromatic carbocycles. The van der Waals surface area contributed by atoms with Gasteiger partial charge in [0.15, 0.2) is 5.78 Å². The molecular weight excluding hydrogens is 262 g/mol. The number of nitrogens with one attached hydrogen (secondary N) is 1. The number of carbonyl (C=O) groups is 1. The molecule has 1 saturated heterocycles. The van der Waals surface area contributed by atoms with Crippen molar-refractivity contribution in [1.82, 2.24) is 9.47 Å². The fourth-order valence-electron chi connectivity index (χ4n) is 2.87. The molecule has 1 aliphatic rings. The molecule has 0 bridgehead atoms. The lowest BCUT2D eigenvalue weighted by Gasteiger charge is -2.16. The smallest absolute Gasteiger partial charge is 0.181 e. The van der Waals surface area contributed by atoms with E-state index >= 15 is 0 Å². The van der Waals surface area contributed by atoms with Crippen LogP contribution in [0, 0.1) is 5.92 Å². The van der Waals surface area contributed by atoms with E-state index in [1.165, 1.54) is 25.9 Å². The van der Waals surface area contributed by atoms with Crippen LogP contribution in [0.2, 0.25) is 0 Å². The van der Waals surface area contributed by atoms with Gasteiger partial charge in [0.05, 0.1) is 11.4 Å². The highest BCUT2D eigenvalue weighted by Crippen LogP contribution is 2.19. The molecule has 1 aromatic heterocycles. The van der Waals surface area contributed by atoms with E-state index in [0.29, 0.717) is 6.04 Å². The first kappa shape index (κ1) is 16.1. The third kappa shape index (κ3) is 4.34. The molecule has 0 unspecified atom stereocenters. The van der Waals surface area contributed by atoms with E-state index in [9.17, 15) is 4.79 Å². The average molecular weight is 291 g/mol. The second kappa shape index (κ2) is 7.12. The Hall–Kier alpha value is -1.29. The third-order valence-corrected chi connectivity index (χ3v) is 3.98. The van der Waals surface area contributed by atoms with Crippen LogP contribution < -0.4 is 5.32 Å². The monoisotopic (exact) mass is 291 g/mol. The van der Waals surface area contributed by atoms with E-state index in [0.717, 1.165) is 24.5 Å². The normalized spacial score (nSPS) is 16.1. The molecule has 4 nitrogen and oxygen atoms in total. The first-order valence-corrected chi connectivity index (χ1v) is 8.20. The van der Waals surface area contributed by atoms with Crippen LogP contribution in [-0.2, 0) is 6.54 Å². The molecule has 118 valence electrons. The summed E-state index contributed by atoms with van der Waals surface area (Å²) >= 11 is 0. The van der Waals surface area contributed by atoms with Crippen molar-refractivity contribution in [2.45, 2.75) is 53.1 Å². The number of hydrogen-bond donors (Lipinski definition) is 1. The van der Waals surface area contributed by atoms with Gasteiger partial charge in [0, 0.05) is 31.2 Å². The number of likely N-dealkylation sites (tertiary alicyclic amines) is 1. The van der Waals surface area contributed by atoms with Crippen LogP contribution in [0.15, 0.2) is 12.3 Å². The Bertz CT molecular complexity index is 470. The Morgan fingerprint density at radius 3 is 2.43 bits per heavy atom. The fourth-order valence-corrected chi connectivity index (χ4v) is 2.87. The summed E-state index contributed by atoms with van der Waals surface area (Å²) in [5, 5.41) is 3.40. The topological polar surface area (TPSA) is 37.3 Å². The molecular formula is C17H29N3O. The molecule has 0 saturated carbocycles. The molecule has 1 aromatic rings. The number of nitrogens with zero attached hydrogens (tertiary/aromatic N) is 2. The quantitative estimate of drug-likeness (QED) is 0.784. The maximum absolute atomic E-state index is 12.4. The molecule has 1 fully saturated rings. The summed E-state index contributed by atoms with van der Waals surface area (Å²) in [6, 6.07) is 2.38. The minimum atomic E-state index is 0.0392. The van der Waals surface area contributed by atoms with Crippen LogP contribution in [0.1, 0.15) is 51.0 Å². The standard InChI is InChI=1S/C17H29N3O/c1-13(2)17(21)16-11-15(18-14(3)4)12-20(16)10-9-19-7-5-6-8-19/h11-14,18H,5-10H2,1-4H3. The summed E-state index contributed by atoms with van der Waals surface area (Å²) in [6.45, 7) is 12.5. The van der Waals surface area contributed by atoms with Gasteiger partial charge in [0.2, 0.25) is 0 Å². The number of anilines is 1. The van der Waals surface area contributed by atoms with Crippen LogP contribution in [0.4, 0.5) is 5.69 Å². The minimum absolute atomic E-state index is 0.0392. The highest BCUT2D eigenvalue weighted by Gasteiger charge is 2.18. The summed E-state index contributed by atoms with van der Waals surface area (Å²) in [4.78, 5) is 14.9. The van der Waals surface area contributed by atoms with Gasteiger partial charge in [0.1, 0.15) is 0 Å². The molecule has 4 heteroatoms. The zero-order valence-corrected chi connectivity index (χ0v) is 13.9. The number of carbonyl (C=O) groups excluding carboxylic acids is 1. The maximum atomic E-state index is 12.4. The first-order valence-electron chi connectivity index (χ1n) is 8.20. The largest absolute Gasteiger partial charge is 0.382 e. The predicted octanol–water partition coefficient (Wildman–Crippen LogP) is 3.24. The third-order valence-electron chi connectivity index (χ3n) is 3.98. The molecule has 0 atom stereocenters. The summed E-state index contributed by atoms with van der Waals surface area (Å²) < 4.78 is 2.13. The lowest BCUT2D eigenvalue weighted by molar-refractivity contribution is 0.0929. The Balaban J connectivity index is 2.11. The van der Waals surface area contributed by atoms with Crippen LogP contribution >= 0.6 is 0 Å². The van der Waals surface area contributed by atoms with Gasteiger partial charge < -0.3 is 14.8 Å². The summed E-state index contributed by atoms with van der Waals surface area (Å²) in [7, 11) is 0. The van der Waals surface area contributed by atoms with Gasteiger partial charge in [-0.3, -0.25) is 4.79 Å². The van der Waals surface area contributed by atoms with Crippen molar-refractivity contribution in [3.63, 3.8) is 0 Å². The molecule has 2 heterocycles. The van der Waals surface area contributed by atoms with Crippen molar-refractivity contribution in [2.24, 2.45) is 5.92 Å². The molecule has 1 N–H and O–H groups in total. The summed E-state index contributed by atoms with van der Waals surface area (Å²) in [5.41, 5.74) is 1.89. The Kier molecular flexibility index (Phi) is 5.45. The Morgan fingerprint density at radius 2 is 1.86 bits per heavy atom. The summed E-state index contributed by atoms with van der Waals surface area (Å²) in [5.74, 6) is 0.269. The van der Waals surface area contributed by atoms with Crippen molar-refractivity contribution in [3.05, 3.63) is 18.0 Å². The van der Waals surface area contributed by atoms with Crippen LogP contribution in [0.5, 0.6) is 0 Å². The van der Waals surface area contributed by atoms with E-state index in [-0.39, 0.29) is 11.7 Å². The summed E-state index contributed by atoms with van der Waals surface area (Å²) in [6.07, 6.45) is 4.71. The van der Waals surface area contributed by atoms with Gasteiger partial charge in [-0.1, -0.05) is 13.8 Å². The van der Waals surface area contributed by atoms with E-state index in [1.807, 2.05) is 19.9 Å². The van der Waals surface area contributed by atoms with Crippen molar-refractivity contribution in [1.29, 1.82) is 0 Å². The lowest BCUT2D eigenvalue weighted by Crippen LogP contribution is -2.25. The molecule has 1 aliphatic heterocycles. The van der Waals surface area contributed by atoms with Gasteiger partial charge in [-0.05, 0) is 45.8 Å². The fraction of sp³-hybridized carbons (Fsp3) is 0.706. The number of Topliss-reactive ketones (excluding diaryl/α,β-unsaturated/α-hetero) is 1. The second-order valence-electron chi connectivity index (χ2n) is 6.67. The van der Waals surface area contributed by atoms with Crippen LogP contribution in [-0.4, -0.2) is 40.9 Å². The molecule has 0 aliphatic carbocycles. The molecule has 0 amide bonds. The number of ketones is 1. The van der Waals surface area contributed by atoms with Gasteiger partial charge in [-0.25, -0.2) is 0 Å². The molecule has 0 radical (unpaired) electrons. The first-order chi connectivity index (χ1) is 9.97. The van der Waals surface area contributed by atoms with E-state index in [4.69, 9.17) is 0 Å². The lowest BCUT2D eigenvalue weighted by atomic mass is 10.1. The SMILES string of the molecule is CC(C)Nc1cc(C(=O)C(C)C)n(CCN2CCCC2)c1. The Labute approximate surface area is 128 Å². The van der Waals surface area contributed by atoms with Crippen molar-refractivity contribution < 1.29 is 4.79 Å². The van der Waals surface area contributed by atoms with Crippen LogP contribution in [0.25, 0.3) is 0 Å². The van der Waals surface area contributed by atoms with Crippen molar-refractivity contribution in [2.75, 3.05) is 25.0 Å². The average Bonchev–Trinajstić information content (AvgIpc) is 3.03. The van der Waals surface area contributed by atoms with Crippen molar-refractivity contribution >= 4 is 11.5 Å². The van der Waals surface area contributed by atoms with Gasteiger partial charge in [-0.2, -0.15) is 0 Å². The minimum Gasteiger partial charge on any atom is -0.382 e. The van der Waals surface area contributed by atoms with Crippen LogP contribution in [0.3, 0.4) is 0 Å². The number of rotatable bonds is 7. The molecule has 2 rings (SSSR count). The molecule has 21 heavy (non-hydrogen) atoms.